The minimum Gasteiger partial charge on any atom is -0.316 e. The second kappa shape index (κ2) is 9.96. The molecule has 0 aliphatic rings. The van der Waals surface area contributed by atoms with Crippen LogP contribution in [0.1, 0.15) is 11.1 Å². The topological polar surface area (TPSA) is 144 Å². The van der Waals surface area contributed by atoms with E-state index < -0.39 is 27.2 Å². The van der Waals surface area contributed by atoms with E-state index in [1.54, 1.807) is 18.2 Å². The van der Waals surface area contributed by atoms with Gasteiger partial charge in [-0.1, -0.05) is 54.1 Å². The average molecular weight is 446 g/mol. The van der Waals surface area contributed by atoms with Crippen LogP contribution in [0.5, 0.6) is 0 Å². The number of carbonyl (C=O) groups is 2. The van der Waals surface area contributed by atoms with Crippen molar-refractivity contribution in [1.29, 1.82) is 0 Å². The quantitative estimate of drug-likeness (QED) is 0.180. The van der Waals surface area contributed by atoms with Gasteiger partial charge in [-0.15, -0.1) is 0 Å². The number of aryl methyl sites for hydroxylation is 1. The molecular formula is C23H18N4O6. The first kappa shape index (κ1) is 22.8. The fraction of sp³-hybridized carbons (Fsp3) is 0.0435. The summed E-state index contributed by atoms with van der Waals surface area (Å²) in [6.45, 7) is 1.83. The molecule has 0 aliphatic heterocycles. The van der Waals surface area contributed by atoms with Crippen LogP contribution in [0.4, 0.5) is 22.7 Å². The van der Waals surface area contributed by atoms with Crippen molar-refractivity contribution in [2.45, 2.75) is 6.92 Å². The van der Waals surface area contributed by atoms with Gasteiger partial charge >= 0.3 is 0 Å². The van der Waals surface area contributed by atoms with Gasteiger partial charge in [0.2, 0.25) is 0 Å². The molecule has 0 saturated heterocycles. The third-order valence-electron chi connectivity index (χ3n) is 4.54. The number of carbonyl (C=O) groups excluding carboxylic acids is 2. The highest BCUT2D eigenvalue weighted by Gasteiger charge is 2.24. The maximum Gasteiger partial charge on any atom is 0.292 e. The predicted molar refractivity (Wildman–Crippen MR) is 123 cm³/mol. The second-order valence-corrected chi connectivity index (χ2v) is 6.93. The Labute approximate surface area is 187 Å². The van der Waals surface area contributed by atoms with E-state index in [2.05, 4.69) is 10.6 Å². The van der Waals surface area contributed by atoms with Gasteiger partial charge in [0.1, 0.15) is 16.9 Å². The molecule has 3 aromatic carbocycles. The zero-order valence-corrected chi connectivity index (χ0v) is 17.3. The number of nitro benzene ring substituents is 2. The Bertz CT molecular complexity index is 1210. The van der Waals surface area contributed by atoms with E-state index >= 15 is 0 Å². The SMILES string of the molecule is Cc1cccc(C=C(C(=O)Nc2ccccc2[N+](=O)[O-])C(=O)Nc2ccccc2[N+](=O)[O-])c1. The number of nitrogens with zero attached hydrogens (tertiary/aromatic N) is 2. The number of para-hydroxylation sites is 4. The van der Waals surface area contributed by atoms with Crippen LogP contribution in [0.3, 0.4) is 0 Å². The Kier molecular flexibility index (Phi) is 6.89. The smallest absolute Gasteiger partial charge is 0.292 e. The molecule has 0 aliphatic carbocycles. The Balaban J connectivity index is 2.00. The number of nitrogens with one attached hydrogen (secondary N) is 2. The number of hydrogen-bond acceptors (Lipinski definition) is 6. The van der Waals surface area contributed by atoms with Gasteiger partial charge in [-0.05, 0) is 30.7 Å². The molecule has 0 fully saturated rings. The fourth-order valence-electron chi connectivity index (χ4n) is 3.02. The van der Waals surface area contributed by atoms with E-state index in [0.29, 0.717) is 5.56 Å². The Morgan fingerprint density at radius 2 is 1.24 bits per heavy atom. The number of nitro groups is 2. The molecule has 33 heavy (non-hydrogen) atoms. The monoisotopic (exact) mass is 446 g/mol. The summed E-state index contributed by atoms with van der Waals surface area (Å²) in [5.41, 5.74) is 0.126. The summed E-state index contributed by atoms with van der Waals surface area (Å²) in [5.74, 6) is -1.83. The standard InChI is InChI=1S/C23H18N4O6/c1-15-7-6-8-16(13-15)14-17(22(28)24-18-9-2-4-11-20(18)26(30)31)23(29)25-19-10-3-5-12-21(19)27(32)33/h2-14H,1H3,(H,24,28)(H,25,29). The molecule has 0 bridgehead atoms. The van der Waals surface area contributed by atoms with Gasteiger partial charge < -0.3 is 10.6 Å². The molecule has 10 heteroatoms. The molecule has 3 rings (SSSR count). The molecule has 0 radical (unpaired) electrons. The van der Waals surface area contributed by atoms with Crippen LogP contribution in [-0.2, 0) is 9.59 Å². The molecule has 0 heterocycles. The van der Waals surface area contributed by atoms with E-state index in [-0.39, 0.29) is 22.7 Å². The average Bonchev–Trinajstić information content (AvgIpc) is 2.77. The van der Waals surface area contributed by atoms with Crippen LogP contribution < -0.4 is 10.6 Å². The third-order valence-corrected chi connectivity index (χ3v) is 4.54. The molecule has 0 spiro atoms. The second-order valence-electron chi connectivity index (χ2n) is 6.93. The van der Waals surface area contributed by atoms with Crippen molar-refractivity contribution in [1.82, 2.24) is 0 Å². The molecule has 10 nitrogen and oxygen atoms in total. The highest BCUT2D eigenvalue weighted by atomic mass is 16.6. The van der Waals surface area contributed by atoms with Crippen molar-refractivity contribution >= 4 is 40.6 Å². The van der Waals surface area contributed by atoms with E-state index in [0.717, 1.165) is 5.56 Å². The van der Waals surface area contributed by atoms with Crippen LogP contribution >= 0.6 is 0 Å². The van der Waals surface area contributed by atoms with E-state index in [4.69, 9.17) is 0 Å². The molecule has 0 atom stereocenters. The summed E-state index contributed by atoms with van der Waals surface area (Å²) in [4.78, 5) is 47.3. The lowest BCUT2D eigenvalue weighted by atomic mass is 10.1. The lowest BCUT2D eigenvalue weighted by Crippen LogP contribution is -2.26. The lowest BCUT2D eigenvalue weighted by molar-refractivity contribution is -0.384. The van der Waals surface area contributed by atoms with Crippen molar-refractivity contribution in [2.75, 3.05) is 10.6 Å². The van der Waals surface area contributed by atoms with Gasteiger partial charge in [-0.2, -0.15) is 0 Å². The number of rotatable bonds is 7. The summed E-state index contributed by atoms with van der Waals surface area (Å²) in [6.07, 6.45) is 1.31. The van der Waals surface area contributed by atoms with Crippen molar-refractivity contribution in [3.8, 4) is 0 Å². The Hall–Kier alpha value is -4.86. The highest BCUT2D eigenvalue weighted by Crippen LogP contribution is 2.26. The summed E-state index contributed by atoms with van der Waals surface area (Å²) in [6, 6.07) is 18.0. The lowest BCUT2D eigenvalue weighted by Gasteiger charge is -2.11. The maximum atomic E-state index is 13.0. The molecule has 3 aromatic rings. The first-order valence-electron chi connectivity index (χ1n) is 9.64. The number of anilines is 2. The molecule has 166 valence electrons. The van der Waals surface area contributed by atoms with Crippen LogP contribution in [0.15, 0.2) is 78.4 Å². The number of amides is 2. The predicted octanol–water partition coefficient (Wildman–Crippen LogP) is 4.47. The number of benzene rings is 3. The molecule has 2 N–H and O–H groups in total. The van der Waals surface area contributed by atoms with Crippen molar-refractivity contribution in [3.63, 3.8) is 0 Å². The summed E-state index contributed by atoms with van der Waals surface area (Å²) >= 11 is 0. The van der Waals surface area contributed by atoms with Crippen LogP contribution in [0, 0.1) is 27.2 Å². The van der Waals surface area contributed by atoms with Gasteiger partial charge in [0.15, 0.2) is 0 Å². The fourth-order valence-corrected chi connectivity index (χ4v) is 3.02. The largest absolute Gasteiger partial charge is 0.316 e. The van der Waals surface area contributed by atoms with Gasteiger partial charge in [0, 0.05) is 12.1 Å². The van der Waals surface area contributed by atoms with Crippen LogP contribution in [0.25, 0.3) is 6.08 Å². The normalized spacial score (nSPS) is 10.1. The van der Waals surface area contributed by atoms with E-state index in [1.807, 2.05) is 13.0 Å². The first-order chi connectivity index (χ1) is 15.8. The van der Waals surface area contributed by atoms with Crippen molar-refractivity contribution in [3.05, 3.63) is 110 Å². The van der Waals surface area contributed by atoms with Crippen LogP contribution in [0.2, 0.25) is 0 Å². The Morgan fingerprint density at radius 1 is 0.758 bits per heavy atom. The zero-order chi connectivity index (χ0) is 24.0. The molecule has 2 amide bonds. The van der Waals surface area contributed by atoms with E-state index in [9.17, 15) is 29.8 Å². The minimum atomic E-state index is -0.915. The Morgan fingerprint density at radius 3 is 1.70 bits per heavy atom. The van der Waals surface area contributed by atoms with Crippen LogP contribution in [-0.4, -0.2) is 21.7 Å². The molecule has 0 unspecified atom stereocenters. The first-order valence-corrected chi connectivity index (χ1v) is 9.64. The van der Waals surface area contributed by atoms with E-state index in [1.165, 1.54) is 54.6 Å². The van der Waals surface area contributed by atoms with Crippen molar-refractivity contribution in [2.24, 2.45) is 0 Å². The third kappa shape index (κ3) is 5.64. The van der Waals surface area contributed by atoms with Crippen molar-refractivity contribution < 1.29 is 19.4 Å². The summed E-state index contributed by atoms with van der Waals surface area (Å²) in [7, 11) is 0. The molecule has 0 saturated carbocycles. The maximum absolute atomic E-state index is 13.0. The van der Waals surface area contributed by atoms with Gasteiger partial charge in [-0.25, -0.2) is 0 Å². The zero-order valence-electron chi connectivity index (χ0n) is 17.3. The summed E-state index contributed by atoms with van der Waals surface area (Å²) in [5, 5.41) is 27.3. The van der Waals surface area contributed by atoms with Gasteiger partial charge in [-0.3, -0.25) is 29.8 Å². The number of hydrogen-bond donors (Lipinski definition) is 2. The summed E-state index contributed by atoms with van der Waals surface area (Å²) < 4.78 is 0. The van der Waals surface area contributed by atoms with Gasteiger partial charge in [0.25, 0.3) is 23.2 Å². The molecular weight excluding hydrogens is 428 g/mol. The van der Waals surface area contributed by atoms with Gasteiger partial charge in [0.05, 0.1) is 9.85 Å². The molecule has 0 aromatic heterocycles. The minimum absolute atomic E-state index is 0.0962. The highest BCUT2D eigenvalue weighted by molar-refractivity contribution is 6.29.